The predicted molar refractivity (Wildman–Crippen MR) is 110 cm³/mol. The Morgan fingerprint density at radius 2 is 1.52 bits per heavy atom. The van der Waals surface area contributed by atoms with Crippen LogP contribution in [0.1, 0.15) is 11.1 Å². The quantitative estimate of drug-likeness (QED) is 0.525. The van der Waals surface area contributed by atoms with E-state index in [-0.39, 0.29) is 10.8 Å². The number of para-hydroxylation sites is 1. The minimum atomic E-state index is -0.463. The van der Waals surface area contributed by atoms with Crippen LogP contribution in [0.5, 0.6) is 0 Å². The van der Waals surface area contributed by atoms with Crippen LogP contribution in [-0.4, -0.2) is 10.0 Å². The molecule has 1 N–H and O–H groups in total. The molecule has 3 aromatic carbocycles. The molecule has 2 nitrogen and oxygen atoms in total. The first-order valence-corrected chi connectivity index (χ1v) is 9.09. The molecule has 138 valence electrons. The summed E-state index contributed by atoms with van der Waals surface area (Å²) in [6, 6.07) is 20.4. The smallest absolute Gasteiger partial charge is 0.174 e. The number of benzene rings is 3. The van der Waals surface area contributed by atoms with Crippen molar-refractivity contribution in [1.82, 2.24) is 4.90 Å². The van der Waals surface area contributed by atoms with E-state index in [1.807, 2.05) is 35.2 Å². The molecule has 0 aliphatic heterocycles. The molecule has 3 aromatic rings. The topological polar surface area (TPSA) is 15.3 Å². The van der Waals surface area contributed by atoms with Gasteiger partial charge in [-0.05, 0) is 59.7 Å². The first-order chi connectivity index (χ1) is 13.0. The number of hydrogen-bond donors (Lipinski definition) is 1. The molecule has 6 heteroatoms. The van der Waals surface area contributed by atoms with Gasteiger partial charge in [-0.25, -0.2) is 8.78 Å². The fraction of sp³-hybridized carbons (Fsp3) is 0.0952. The van der Waals surface area contributed by atoms with Crippen LogP contribution in [-0.2, 0) is 13.1 Å². The fourth-order valence-electron chi connectivity index (χ4n) is 2.59. The Morgan fingerprint density at radius 3 is 2.19 bits per heavy atom. The van der Waals surface area contributed by atoms with Crippen molar-refractivity contribution >= 4 is 34.6 Å². The molecular weight excluding hydrogens is 386 g/mol. The normalized spacial score (nSPS) is 10.5. The van der Waals surface area contributed by atoms with Crippen LogP contribution < -0.4 is 5.32 Å². The summed E-state index contributed by atoms with van der Waals surface area (Å²) >= 11 is 11.5. The lowest BCUT2D eigenvalue weighted by Gasteiger charge is -2.26. The molecule has 0 fully saturated rings. The second-order valence-corrected chi connectivity index (χ2v) is 6.82. The number of halogens is 3. The number of anilines is 1. The van der Waals surface area contributed by atoms with Gasteiger partial charge in [0.1, 0.15) is 11.6 Å². The molecule has 0 unspecified atom stereocenters. The van der Waals surface area contributed by atoms with Gasteiger partial charge in [0.05, 0.1) is 5.02 Å². The highest BCUT2D eigenvalue weighted by Crippen LogP contribution is 2.19. The van der Waals surface area contributed by atoms with E-state index < -0.39 is 5.82 Å². The van der Waals surface area contributed by atoms with E-state index in [2.05, 4.69) is 5.32 Å². The van der Waals surface area contributed by atoms with Crippen molar-refractivity contribution < 1.29 is 8.78 Å². The zero-order chi connectivity index (χ0) is 19.2. The third-order valence-corrected chi connectivity index (χ3v) is 4.61. The maximum absolute atomic E-state index is 13.4. The molecule has 0 heterocycles. The third kappa shape index (κ3) is 5.49. The van der Waals surface area contributed by atoms with Crippen LogP contribution in [0.25, 0.3) is 0 Å². The number of nitrogens with zero attached hydrogens (tertiary/aromatic N) is 1. The molecular formula is C21H17ClF2N2S. The summed E-state index contributed by atoms with van der Waals surface area (Å²) in [7, 11) is 0. The Bertz CT molecular complexity index is 917. The van der Waals surface area contributed by atoms with Crippen molar-refractivity contribution in [2.24, 2.45) is 0 Å². The first-order valence-electron chi connectivity index (χ1n) is 8.30. The minimum Gasteiger partial charge on any atom is -0.340 e. The Kier molecular flexibility index (Phi) is 6.37. The number of rotatable bonds is 5. The van der Waals surface area contributed by atoms with E-state index in [9.17, 15) is 8.78 Å². The lowest BCUT2D eigenvalue weighted by Crippen LogP contribution is -2.33. The van der Waals surface area contributed by atoms with E-state index in [1.165, 1.54) is 18.2 Å². The summed E-state index contributed by atoms with van der Waals surface area (Å²) in [5, 5.41) is 3.77. The van der Waals surface area contributed by atoms with E-state index in [0.29, 0.717) is 18.2 Å². The Labute approximate surface area is 167 Å². The maximum Gasteiger partial charge on any atom is 0.174 e. The van der Waals surface area contributed by atoms with Crippen molar-refractivity contribution in [2.75, 3.05) is 5.32 Å². The Morgan fingerprint density at radius 1 is 0.889 bits per heavy atom. The molecule has 0 aliphatic rings. The van der Waals surface area contributed by atoms with Crippen molar-refractivity contribution in [3.63, 3.8) is 0 Å². The lowest BCUT2D eigenvalue weighted by molar-refractivity contribution is 0.412. The summed E-state index contributed by atoms with van der Waals surface area (Å²) in [4.78, 5) is 1.92. The molecule has 0 saturated carbocycles. The largest absolute Gasteiger partial charge is 0.340 e. The van der Waals surface area contributed by atoms with Gasteiger partial charge in [-0.15, -0.1) is 0 Å². The van der Waals surface area contributed by atoms with E-state index in [0.717, 1.165) is 16.8 Å². The molecule has 0 radical (unpaired) electrons. The highest BCUT2D eigenvalue weighted by molar-refractivity contribution is 7.80. The van der Waals surface area contributed by atoms with Gasteiger partial charge in [-0.3, -0.25) is 0 Å². The summed E-state index contributed by atoms with van der Waals surface area (Å²) in [5.41, 5.74) is 2.59. The van der Waals surface area contributed by atoms with Crippen LogP contribution in [0.3, 0.4) is 0 Å². The lowest BCUT2D eigenvalue weighted by atomic mass is 10.1. The van der Waals surface area contributed by atoms with Gasteiger partial charge >= 0.3 is 0 Å². The minimum absolute atomic E-state index is 0.0659. The third-order valence-electron chi connectivity index (χ3n) is 3.96. The van der Waals surface area contributed by atoms with Gasteiger partial charge in [0, 0.05) is 18.8 Å². The standard InChI is InChI=1S/C21H17ClF2N2S/c22-19-12-16(8-11-20(19)24)14-26(13-15-6-9-17(23)10-7-15)21(27)25-18-4-2-1-3-5-18/h1-12H,13-14H2,(H,25,27). The maximum atomic E-state index is 13.4. The molecule has 0 bridgehead atoms. The summed E-state index contributed by atoms with van der Waals surface area (Å²) in [5.74, 6) is -0.754. The van der Waals surface area contributed by atoms with Crippen LogP contribution in [0, 0.1) is 11.6 Å². The first kappa shape index (κ1) is 19.3. The monoisotopic (exact) mass is 402 g/mol. The summed E-state index contributed by atoms with van der Waals surface area (Å²) in [6.45, 7) is 0.893. The van der Waals surface area contributed by atoms with Crippen molar-refractivity contribution in [3.8, 4) is 0 Å². The molecule has 27 heavy (non-hydrogen) atoms. The van der Waals surface area contributed by atoms with Crippen molar-refractivity contribution in [2.45, 2.75) is 13.1 Å². The van der Waals surface area contributed by atoms with Gasteiger partial charge in [-0.2, -0.15) is 0 Å². The van der Waals surface area contributed by atoms with Gasteiger partial charge in [-0.1, -0.05) is 48.0 Å². The van der Waals surface area contributed by atoms with Crippen molar-refractivity contribution in [1.29, 1.82) is 0 Å². The molecule has 0 aliphatic carbocycles. The second-order valence-electron chi connectivity index (χ2n) is 6.03. The average Bonchev–Trinajstić information content (AvgIpc) is 2.66. The number of hydrogen-bond acceptors (Lipinski definition) is 1. The van der Waals surface area contributed by atoms with E-state index >= 15 is 0 Å². The number of thiocarbonyl (C=S) groups is 1. The number of nitrogens with one attached hydrogen (secondary N) is 1. The zero-order valence-electron chi connectivity index (χ0n) is 14.3. The molecule has 0 spiro atoms. The Hall–Kier alpha value is -2.50. The average molecular weight is 403 g/mol. The molecule has 0 aromatic heterocycles. The van der Waals surface area contributed by atoms with Crippen LogP contribution in [0.4, 0.5) is 14.5 Å². The SMILES string of the molecule is Fc1ccc(CN(Cc2ccc(F)c(Cl)c2)C(=S)Nc2ccccc2)cc1. The summed E-state index contributed by atoms with van der Waals surface area (Å²) in [6.07, 6.45) is 0. The molecule has 0 amide bonds. The van der Waals surface area contributed by atoms with Gasteiger partial charge in [0.25, 0.3) is 0 Å². The molecule has 0 saturated heterocycles. The zero-order valence-corrected chi connectivity index (χ0v) is 15.9. The highest BCUT2D eigenvalue weighted by atomic mass is 35.5. The molecule has 3 rings (SSSR count). The van der Waals surface area contributed by atoms with Gasteiger partial charge in [0.2, 0.25) is 0 Å². The fourth-order valence-corrected chi connectivity index (χ4v) is 3.04. The Balaban J connectivity index is 1.81. The van der Waals surface area contributed by atoms with Crippen molar-refractivity contribution in [3.05, 3.63) is 101 Å². The highest BCUT2D eigenvalue weighted by Gasteiger charge is 2.13. The van der Waals surface area contributed by atoms with Crippen LogP contribution in [0.2, 0.25) is 5.02 Å². The predicted octanol–water partition coefficient (Wildman–Crippen LogP) is 6.02. The van der Waals surface area contributed by atoms with Gasteiger partial charge in [0.15, 0.2) is 5.11 Å². The van der Waals surface area contributed by atoms with E-state index in [4.69, 9.17) is 23.8 Å². The summed E-state index contributed by atoms with van der Waals surface area (Å²) < 4.78 is 26.6. The van der Waals surface area contributed by atoms with E-state index in [1.54, 1.807) is 24.3 Å². The molecule has 0 atom stereocenters. The van der Waals surface area contributed by atoms with Crippen LogP contribution in [0.15, 0.2) is 72.8 Å². The van der Waals surface area contributed by atoms with Crippen LogP contribution >= 0.6 is 23.8 Å². The van der Waals surface area contributed by atoms with Gasteiger partial charge < -0.3 is 10.2 Å². The second kappa shape index (κ2) is 8.93.